The maximum absolute atomic E-state index is 12.0. The van der Waals surface area contributed by atoms with Crippen LogP contribution in [0.3, 0.4) is 0 Å². The van der Waals surface area contributed by atoms with E-state index >= 15 is 0 Å². The lowest BCUT2D eigenvalue weighted by atomic mass is 9.69. The minimum atomic E-state index is -0.0586. The first-order valence-electron chi connectivity index (χ1n) is 7.69. The van der Waals surface area contributed by atoms with E-state index in [4.69, 9.17) is 9.47 Å². The Hall–Kier alpha value is -0.650. The highest BCUT2D eigenvalue weighted by molar-refractivity contribution is 5.77. The lowest BCUT2D eigenvalue weighted by Crippen LogP contribution is -2.46. The van der Waals surface area contributed by atoms with Gasteiger partial charge in [-0.3, -0.25) is 4.79 Å². The Morgan fingerprint density at radius 3 is 2.75 bits per heavy atom. The first-order valence-corrected chi connectivity index (χ1v) is 7.69. The number of carbonyl (C=O) groups is 1. The molecule has 1 aliphatic carbocycles. The fourth-order valence-electron chi connectivity index (χ4n) is 2.96. The molecule has 5 nitrogen and oxygen atoms in total. The number of amides is 1. The molecule has 116 valence electrons. The van der Waals surface area contributed by atoms with E-state index in [1.807, 2.05) is 0 Å². The molecule has 5 heteroatoms. The fraction of sp³-hybridized carbons (Fsp3) is 0.933. The molecular weight excluding hydrogens is 258 g/mol. The van der Waals surface area contributed by atoms with Gasteiger partial charge in [0.2, 0.25) is 5.91 Å². The number of hydrogen-bond acceptors (Lipinski definition) is 4. The van der Waals surface area contributed by atoms with E-state index in [9.17, 15) is 9.90 Å². The Kier molecular flexibility index (Phi) is 5.81. The normalized spacial score (nSPS) is 25.0. The largest absolute Gasteiger partial charge is 0.396 e. The molecule has 2 aliphatic rings. The lowest BCUT2D eigenvalue weighted by molar-refractivity contribution is -0.140. The molecule has 0 unspecified atom stereocenters. The van der Waals surface area contributed by atoms with Crippen molar-refractivity contribution in [2.75, 3.05) is 40.0 Å². The van der Waals surface area contributed by atoms with Crippen LogP contribution in [0.25, 0.3) is 0 Å². The second-order valence-corrected chi connectivity index (χ2v) is 6.27. The van der Waals surface area contributed by atoms with E-state index in [2.05, 4.69) is 0 Å². The van der Waals surface area contributed by atoms with E-state index in [0.29, 0.717) is 13.2 Å². The quantitative estimate of drug-likeness (QED) is 0.763. The minimum Gasteiger partial charge on any atom is -0.396 e. The molecule has 0 aromatic rings. The fourth-order valence-corrected chi connectivity index (χ4v) is 2.96. The molecule has 0 spiro atoms. The van der Waals surface area contributed by atoms with Crippen LogP contribution in [0, 0.1) is 5.41 Å². The standard InChI is InChI=1S/C15H27NO4/c1-16(11-15(12-17)6-4-7-15)14(18)10-19-9-13-5-2-3-8-20-13/h13,17H,2-12H2,1H3/t13-/m0/s1. The molecule has 1 amide bonds. The number of aliphatic hydroxyl groups excluding tert-OH is 1. The molecule has 20 heavy (non-hydrogen) atoms. The predicted molar refractivity (Wildman–Crippen MR) is 75.4 cm³/mol. The van der Waals surface area contributed by atoms with Crippen LogP contribution < -0.4 is 0 Å². The highest BCUT2D eigenvalue weighted by atomic mass is 16.5. The number of aliphatic hydroxyl groups is 1. The molecule has 2 rings (SSSR count). The second kappa shape index (κ2) is 7.38. The van der Waals surface area contributed by atoms with Gasteiger partial charge in [0.15, 0.2) is 0 Å². The maximum atomic E-state index is 12.0. The number of ether oxygens (including phenoxy) is 2. The van der Waals surface area contributed by atoms with Gasteiger partial charge in [-0.1, -0.05) is 6.42 Å². The van der Waals surface area contributed by atoms with Crippen molar-refractivity contribution in [3.05, 3.63) is 0 Å². The zero-order valence-electron chi connectivity index (χ0n) is 12.5. The van der Waals surface area contributed by atoms with Crippen LogP contribution in [-0.4, -0.2) is 62.0 Å². The Balaban J connectivity index is 1.63. The highest BCUT2D eigenvalue weighted by Gasteiger charge is 2.38. The van der Waals surface area contributed by atoms with Gasteiger partial charge in [-0.25, -0.2) is 0 Å². The van der Waals surface area contributed by atoms with Crippen molar-refractivity contribution < 1.29 is 19.4 Å². The third kappa shape index (κ3) is 4.17. The second-order valence-electron chi connectivity index (χ2n) is 6.27. The summed E-state index contributed by atoms with van der Waals surface area (Å²) in [6.07, 6.45) is 6.66. The number of nitrogens with zero attached hydrogens (tertiary/aromatic N) is 1. The average Bonchev–Trinajstić information content (AvgIpc) is 2.43. The number of likely N-dealkylation sites (N-methyl/N-ethyl adjacent to an activating group) is 1. The molecule has 2 fully saturated rings. The Bertz CT molecular complexity index is 305. The SMILES string of the molecule is CN(CC1(CO)CCC1)C(=O)COC[C@@H]1CCCCO1. The molecule has 1 atom stereocenters. The van der Waals surface area contributed by atoms with Crippen molar-refractivity contribution in [3.63, 3.8) is 0 Å². The maximum Gasteiger partial charge on any atom is 0.248 e. The van der Waals surface area contributed by atoms with Crippen LogP contribution >= 0.6 is 0 Å². The van der Waals surface area contributed by atoms with Crippen molar-refractivity contribution in [1.82, 2.24) is 4.90 Å². The monoisotopic (exact) mass is 285 g/mol. The molecule has 0 aromatic carbocycles. The summed E-state index contributed by atoms with van der Waals surface area (Å²) in [5.41, 5.74) is -0.0586. The van der Waals surface area contributed by atoms with Crippen LogP contribution in [0.5, 0.6) is 0 Å². The minimum absolute atomic E-state index is 0.0134. The summed E-state index contributed by atoms with van der Waals surface area (Å²) in [6.45, 7) is 2.22. The van der Waals surface area contributed by atoms with Crippen LogP contribution in [-0.2, 0) is 14.3 Å². The molecule has 1 heterocycles. The van der Waals surface area contributed by atoms with Gasteiger partial charge in [0.05, 0.1) is 19.3 Å². The van der Waals surface area contributed by atoms with Gasteiger partial charge in [0, 0.05) is 25.6 Å². The highest BCUT2D eigenvalue weighted by Crippen LogP contribution is 2.40. The Morgan fingerprint density at radius 1 is 1.40 bits per heavy atom. The van der Waals surface area contributed by atoms with Crippen LogP contribution in [0.1, 0.15) is 38.5 Å². The van der Waals surface area contributed by atoms with E-state index in [1.54, 1.807) is 11.9 Å². The summed E-state index contributed by atoms with van der Waals surface area (Å²) in [5, 5.41) is 9.43. The molecule has 1 saturated heterocycles. The Labute approximate surface area is 121 Å². The van der Waals surface area contributed by atoms with Gasteiger partial charge >= 0.3 is 0 Å². The summed E-state index contributed by atoms with van der Waals surface area (Å²) >= 11 is 0. The molecule has 0 radical (unpaired) electrons. The van der Waals surface area contributed by atoms with E-state index < -0.39 is 0 Å². The number of hydrogen-bond donors (Lipinski definition) is 1. The van der Waals surface area contributed by atoms with Gasteiger partial charge in [-0.05, 0) is 32.1 Å². The zero-order chi connectivity index (χ0) is 14.4. The zero-order valence-corrected chi connectivity index (χ0v) is 12.5. The number of rotatable bonds is 7. The summed E-state index contributed by atoms with van der Waals surface area (Å²) in [7, 11) is 1.79. The summed E-state index contributed by atoms with van der Waals surface area (Å²) in [5.74, 6) is -0.0134. The van der Waals surface area contributed by atoms with E-state index in [1.165, 1.54) is 6.42 Å². The molecular formula is C15H27NO4. The molecule has 1 aliphatic heterocycles. The van der Waals surface area contributed by atoms with E-state index in [0.717, 1.165) is 38.7 Å². The molecule has 1 saturated carbocycles. The summed E-state index contributed by atoms with van der Waals surface area (Å²) in [4.78, 5) is 13.7. The molecule has 0 aromatic heterocycles. The first-order chi connectivity index (χ1) is 9.65. The van der Waals surface area contributed by atoms with Gasteiger partial charge in [-0.15, -0.1) is 0 Å². The van der Waals surface area contributed by atoms with Gasteiger partial charge in [-0.2, -0.15) is 0 Å². The topological polar surface area (TPSA) is 59.0 Å². The van der Waals surface area contributed by atoms with Gasteiger partial charge in [0.25, 0.3) is 0 Å². The number of carbonyl (C=O) groups excluding carboxylic acids is 1. The van der Waals surface area contributed by atoms with Crippen molar-refractivity contribution in [2.45, 2.75) is 44.6 Å². The van der Waals surface area contributed by atoms with Crippen molar-refractivity contribution >= 4 is 5.91 Å². The lowest BCUT2D eigenvalue weighted by Gasteiger charge is -2.42. The van der Waals surface area contributed by atoms with Crippen molar-refractivity contribution in [1.29, 1.82) is 0 Å². The third-order valence-electron chi connectivity index (χ3n) is 4.55. The molecule has 1 N–H and O–H groups in total. The van der Waals surface area contributed by atoms with Gasteiger partial charge in [0.1, 0.15) is 6.61 Å². The summed E-state index contributed by atoms with van der Waals surface area (Å²) < 4.78 is 11.0. The first kappa shape index (κ1) is 15.7. The smallest absolute Gasteiger partial charge is 0.248 e. The third-order valence-corrected chi connectivity index (χ3v) is 4.55. The van der Waals surface area contributed by atoms with Crippen LogP contribution in [0.15, 0.2) is 0 Å². The predicted octanol–water partition coefficient (Wildman–Crippen LogP) is 1.19. The van der Waals surface area contributed by atoms with Crippen molar-refractivity contribution in [3.8, 4) is 0 Å². The summed E-state index contributed by atoms with van der Waals surface area (Å²) in [6, 6.07) is 0. The van der Waals surface area contributed by atoms with Crippen LogP contribution in [0.4, 0.5) is 0 Å². The van der Waals surface area contributed by atoms with Gasteiger partial charge < -0.3 is 19.5 Å². The molecule has 0 bridgehead atoms. The Morgan fingerprint density at radius 2 is 2.20 bits per heavy atom. The van der Waals surface area contributed by atoms with Crippen LogP contribution in [0.2, 0.25) is 0 Å². The van der Waals surface area contributed by atoms with Crippen molar-refractivity contribution in [2.24, 2.45) is 5.41 Å². The average molecular weight is 285 g/mol. The van der Waals surface area contributed by atoms with E-state index in [-0.39, 0.29) is 30.6 Å².